The van der Waals surface area contributed by atoms with Crippen LogP contribution in [0.3, 0.4) is 0 Å². The molecule has 0 aromatic carbocycles. The van der Waals surface area contributed by atoms with Crippen LogP contribution < -0.4 is 0 Å². The highest BCUT2D eigenvalue weighted by Gasteiger charge is 2.38. The quantitative estimate of drug-likeness (QED) is 0.244. The number of hydrogen-bond donors (Lipinski definition) is 0. The topological polar surface area (TPSA) is 9.23 Å². The molecule has 3 heteroatoms. The molecule has 0 heterocycles. The summed E-state index contributed by atoms with van der Waals surface area (Å²) in [5.74, 6) is 0.611. The number of allylic oxidation sites excluding steroid dienone is 2. The molecule has 0 aliphatic rings. The lowest BCUT2D eigenvalue weighted by Crippen LogP contribution is -2.43. The molecule has 108 valence electrons. The maximum absolute atomic E-state index is 6.40. The van der Waals surface area contributed by atoms with Gasteiger partial charge in [-0.2, -0.15) is 0 Å². The van der Waals surface area contributed by atoms with Gasteiger partial charge in [0.25, 0.3) is 0 Å². The van der Waals surface area contributed by atoms with Gasteiger partial charge in [0.1, 0.15) is 0 Å². The Balaban J connectivity index is 4.40. The van der Waals surface area contributed by atoms with Crippen molar-refractivity contribution in [2.45, 2.75) is 72.2 Å². The van der Waals surface area contributed by atoms with Gasteiger partial charge in [-0.25, -0.2) is 0 Å². The van der Waals surface area contributed by atoms with E-state index in [1.165, 1.54) is 5.57 Å². The lowest BCUT2D eigenvalue weighted by molar-refractivity contribution is 0.178. The van der Waals surface area contributed by atoms with Gasteiger partial charge in [-0.15, -0.1) is 0 Å². The third-order valence-corrected chi connectivity index (χ3v) is 9.59. The highest BCUT2D eigenvalue weighted by Crippen LogP contribution is 2.37. The molecule has 0 aromatic heterocycles. The van der Waals surface area contributed by atoms with Crippen LogP contribution in [0.1, 0.15) is 48.0 Å². The van der Waals surface area contributed by atoms with E-state index in [1.807, 2.05) is 0 Å². The van der Waals surface area contributed by atoms with Crippen LogP contribution in [0.15, 0.2) is 11.6 Å². The third kappa shape index (κ3) is 6.71. The van der Waals surface area contributed by atoms with Gasteiger partial charge in [0.15, 0.2) is 8.32 Å². The molecule has 1 nitrogen and oxygen atoms in total. The zero-order valence-electron chi connectivity index (χ0n) is 13.4. The van der Waals surface area contributed by atoms with E-state index in [2.05, 4.69) is 83.3 Å². The smallest absolute Gasteiger partial charge is 0.192 e. The van der Waals surface area contributed by atoms with Crippen LogP contribution in [0.2, 0.25) is 18.1 Å². The molecule has 18 heavy (non-hydrogen) atoms. The maximum atomic E-state index is 6.40. The zero-order chi connectivity index (χ0) is 14.6. The Bertz CT molecular complexity index is 279. The fourth-order valence-electron chi connectivity index (χ4n) is 1.85. The van der Waals surface area contributed by atoms with Gasteiger partial charge in [0.05, 0.1) is 0 Å². The normalized spacial score (nSPS) is 17.7. The molecule has 0 amide bonds. The van der Waals surface area contributed by atoms with Crippen LogP contribution in [0.4, 0.5) is 0 Å². The monoisotopic (exact) mass is 382 g/mol. The lowest BCUT2D eigenvalue weighted by atomic mass is 10.0. The first kappa shape index (κ1) is 18.6. The SMILES string of the molecule is C/C(=C\[C@H](C)C[C@H](C)O[Si](C)(C)C(C)(C)C)CI. The van der Waals surface area contributed by atoms with Gasteiger partial charge in [0, 0.05) is 10.5 Å². The molecular weight excluding hydrogens is 351 g/mol. The fourth-order valence-corrected chi connectivity index (χ4v) is 3.56. The molecule has 0 rings (SSSR count). The molecule has 0 spiro atoms. The Kier molecular flexibility index (Phi) is 7.70. The summed E-state index contributed by atoms with van der Waals surface area (Å²) in [6, 6.07) is 0. The maximum Gasteiger partial charge on any atom is 0.192 e. The van der Waals surface area contributed by atoms with Crippen molar-refractivity contribution in [1.82, 2.24) is 0 Å². The van der Waals surface area contributed by atoms with E-state index < -0.39 is 8.32 Å². The third-order valence-electron chi connectivity index (χ3n) is 3.79. The molecule has 0 saturated heterocycles. The standard InChI is InChI=1S/C15H31IOSi/c1-12(9-13(2)11-16)10-14(3)17-18(7,8)15(4,5)6/h9,12,14H,10-11H2,1-8H3/b13-9+/t12-,14-/m0/s1. The number of halogens is 1. The fraction of sp³-hybridized carbons (Fsp3) is 0.867. The van der Waals surface area contributed by atoms with E-state index in [9.17, 15) is 0 Å². The summed E-state index contributed by atoms with van der Waals surface area (Å²) < 4.78 is 7.52. The molecule has 0 N–H and O–H groups in total. The van der Waals surface area contributed by atoms with Gasteiger partial charge >= 0.3 is 0 Å². The second kappa shape index (κ2) is 7.43. The Morgan fingerprint density at radius 1 is 1.28 bits per heavy atom. The van der Waals surface area contributed by atoms with Gasteiger partial charge in [-0.3, -0.25) is 0 Å². The first-order valence-corrected chi connectivity index (χ1v) is 11.3. The Morgan fingerprint density at radius 2 is 1.78 bits per heavy atom. The van der Waals surface area contributed by atoms with E-state index in [1.54, 1.807) is 0 Å². The molecule has 0 aliphatic carbocycles. The summed E-state index contributed by atoms with van der Waals surface area (Å²) >= 11 is 2.42. The minimum Gasteiger partial charge on any atom is -0.414 e. The Hall–Kier alpha value is 0.647. The van der Waals surface area contributed by atoms with Crippen LogP contribution in [0, 0.1) is 5.92 Å². The second-order valence-corrected chi connectivity index (χ2v) is 12.6. The summed E-state index contributed by atoms with van der Waals surface area (Å²) in [6.45, 7) is 18.3. The van der Waals surface area contributed by atoms with Crippen molar-refractivity contribution in [2.24, 2.45) is 5.92 Å². The van der Waals surface area contributed by atoms with Crippen LogP contribution in [-0.2, 0) is 4.43 Å². The largest absolute Gasteiger partial charge is 0.414 e. The van der Waals surface area contributed by atoms with Crippen LogP contribution in [-0.4, -0.2) is 18.8 Å². The van der Waals surface area contributed by atoms with Crippen molar-refractivity contribution in [1.29, 1.82) is 0 Å². The van der Waals surface area contributed by atoms with Gasteiger partial charge in [-0.1, -0.05) is 61.9 Å². The molecule has 0 unspecified atom stereocenters. The van der Waals surface area contributed by atoms with Crippen molar-refractivity contribution in [3.63, 3.8) is 0 Å². The molecule has 0 saturated carbocycles. The van der Waals surface area contributed by atoms with Crippen LogP contribution in [0.5, 0.6) is 0 Å². The van der Waals surface area contributed by atoms with Crippen LogP contribution >= 0.6 is 22.6 Å². The minimum atomic E-state index is -1.61. The molecule has 0 aromatic rings. The second-order valence-electron chi connectivity index (χ2n) is 7.05. The summed E-state index contributed by atoms with van der Waals surface area (Å²) in [5, 5.41) is 0.304. The predicted molar refractivity (Wildman–Crippen MR) is 94.2 cm³/mol. The van der Waals surface area contributed by atoms with Crippen LogP contribution in [0.25, 0.3) is 0 Å². The predicted octanol–water partition coefficient (Wildman–Crippen LogP) is 5.80. The van der Waals surface area contributed by atoms with E-state index in [4.69, 9.17) is 4.43 Å². The lowest BCUT2D eigenvalue weighted by Gasteiger charge is -2.38. The van der Waals surface area contributed by atoms with Gasteiger partial charge in [0.2, 0.25) is 0 Å². The summed E-state index contributed by atoms with van der Waals surface area (Å²) in [6.07, 6.45) is 3.87. The van der Waals surface area contributed by atoms with E-state index in [-0.39, 0.29) is 0 Å². The molecular formula is C15H31IOSi. The van der Waals surface area contributed by atoms with Gasteiger partial charge < -0.3 is 4.43 Å². The molecule has 0 aliphatic heterocycles. The van der Waals surface area contributed by atoms with Gasteiger partial charge in [-0.05, 0) is 44.3 Å². The molecule has 2 atom stereocenters. The zero-order valence-corrected chi connectivity index (χ0v) is 16.6. The number of alkyl halides is 1. The van der Waals surface area contributed by atoms with Crippen molar-refractivity contribution in [3.05, 3.63) is 11.6 Å². The summed E-state index contributed by atoms with van der Waals surface area (Å²) in [4.78, 5) is 0. The number of rotatable bonds is 6. The highest BCUT2D eigenvalue weighted by molar-refractivity contribution is 14.1. The Morgan fingerprint density at radius 3 is 2.17 bits per heavy atom. The first-order chi connectivity index (χ1) is 7.99. The van der Waals surface area contributed by atoms with E-state index in [0.29, 0.717) is 17.1 Å². The highest BCUT2D eigenvalue weighted by atomic mass is 127. The van der Waals surface area contributed by atoms with Crippen molar-refractivity contribution < 1.29 is 4.43 Å². The minimum absolute atomic E-state index is 0.304. The molecule has 0 radical (unpaired) electrons. The van der Waals surface area contributed by atoms with E-state index >= 15 is 0 Å². The average Bonchev–Trinajstić information content (AvgIpc) is 2.13. The van der Waals surface area contributed by atoms with Crippen molar-refractivity contribution in [3.8, 4) is 0 Å². The molecule has 0 fully saturated rings. The first-order valence-electron chi connectivity index (χ1n) is 6.90. The Labute approximate surface area is 129 Å². The summed E-state index contributed by atoms with van der Waals surface area (Å²) in [7, 11) is -1.61. The number of hydrogen-bond acceptors (Lipinski definition) is 1. The van der Waals surface area contributed by atoms with Crippen molar-refractivity contribution in [2.75, 3.05) is 4.43 Å². The summed E-state index contributed by atoms with van der Waals surface area (Å²) in [5.41, 5.74) is 1.47. The van der Waals surface area contributed by atoms with Crippen molar-refractivity contribution >= 4 is 30.9 Å². The average molecular weight is 382 g/mol. The molecule has 0 bridgehead atoms. The van der Waals surface area contributed by atoms with E-state index in [0.717, 1.165) is 10.8 Å².